The lowest BCUT2D eigenvalue weighted by Crippen LogP contribution is -2.26. The first-order valence-electron chi connectivity index (χ1n) is 11.5. The molecule has 2 heterocycles. The molecule has 0 spiro atoms. The number of anilines is 1. The van der Waals surface area contributed by atoms with Crippen LogP contribution in [0.4, 0.5) is 5.69 Å². The molecule has 4 rings (SSSR count). The zero-order chi connectivity index (χ0) is 22.7. The summed E-state index contributed by atoms with van der Waals surface area (Å²) in [6.07, 6.45) is 3.38. The van der Waals surface area contributed by atoms with Gasteiger partial charge in [0, 0.05) is 44.0 Å². The van der Waals surface area contributed by atoms with Gasteiger partial charge in [-0.15, -0.1) is 0 Å². The van der Waals surface area contributed by atoms with Crippen molar-refractivity contribution in [1.82, 2.24) is 9.80 Å². The van der Waals surface area contributed by atoms with E-state index in [1.807, 2.05) is 25.2 Å². The van der Waals surface area contributed by atoms with Gasteiger partial charge in [0.1, 0.15) is 11.5 Å². The number of hydrogen-bond acceptors (Lipinski definition) is 5. The topological polar surface area (TPSA) is 65.0 Å². The molecule has 6 heteroatoms. The summed E-state index contributed by atoms with van der Waals surface area (Å²) in [7, 11) is 1.82. The van der Waals surface area contributed by atoms with Gasteiger partial charge in [-0.05, 0) is 67.3 Å². The standard InChI is InChI=1S/C26H33N3O3/c1-4-11-32-21-8-7-19-16-29(17-20(19)12-21)26(31)23-13-22(24(27-3)14-25(23)30)18(2)15-28-9-5-6-10-28/h7-8,12-14,27,30H,2,4-6,9-11,15-17H2,1,3H3. The van der Waals surface area contributed by atoms with Crippen LogP contribution in [0.15, 0.2) is 36.9 Å². The monoisotopic (exact) mass is 435 g/mol. The third kappa shape index (κ3) is 4.60. The van der Waals surface area contributed by atoms with Crippen LogP contribution in [0, 0.1) is 0 Å². The highest BCUT2D eigenvalue weighted by atomic mass is 16.5. The number of carbonyl (C=O) groups is 1. The van der Waals surface area contributed by atoms with Gasteiger partial charge in [0.25, 0.3) is 5.91 Å². The number of hydrogen-bond donors (Lipinski definition) is 2. The molecular formula is C26H33N3O3. The maximum Gasteiger partial charge on any atom is 0.258 e. The van der Waals surface area contributed by atoms with Crippen molar-refractivity contribution < 1.29 is 14.6 Å². The fourth-order valence-electron chi connectivity index (χ4n) is 4.55. The van der Waals surface area contributed by atoms with Gasteiger partial charge in [0.15, 0.2) is 0 Å². The van der Waals surface area contributed by atoms with Crippen LogP contribution in [0.1, 0.15) is 53.2 Å². The Kier molecular flexibility index (Phi) is 6.70. The minimum absolute atomic E-state index is 0.0139. The van der Waals surface area contributed by atoms with Gasteiger partial charge < -0.3 is 20.1 Å². The summed E-state index contributed by atoms with van der Waals surface area (Å²) in [6.45, 7) is 11.0. The highest BCUT2D eigenvalue weighted by Gasteiger charge is 2.27. The van der Waals surface area contributed by atoms with Crippen molar-refractivity contribution in [3.05, 3.63) is 59.2 Å². The van der Waals surface area contributed by atoms with Gasteiger partial charge in [-0.25, -0.2) is 0 Å². The van der Waals surface area contributed by atoms with Gasteiger partial charge in [-0.1, -0.05) is 19.6 Å². The summed E-state index contributed by atoms with van der Waals surface area (Å²) in [5.74, 6) is 0.647. The van der Waals surface area contributed by atoms with E-state index in [1.54, 1.807) is 17.0 Å². The van der Waals surface area contributed by atoms with Crippen molar-refractivity contribution in [3.63, 3.8) is 0 Å². The Labute approximate surface area is 190 Å². The molecule has 6 nitrogen and oxygen atoms in total. The Bertz CT molecular complexity index is 1010. The number of amides is 1. The molecule has 0 atom stereocenters. The van der Waals surface area contributed by atoms with Crippen molar-refractivity contribution in [3.8, 4) is 11.5 Å². The Morgan fingerprint density at radius 3 is 2.59 bits per heavy atom. The molecule has 2 aromatic rings. The SMILES string of the molecule is C=C(CN1CCCC1)c1cc(C(=O)N2Cc3ccc(OCCC)cc3C2)c(O)cc1NC. The van der Waals surface area contributed by atoms with Crippen LogP contribution in [-0.2, 0) is 13.1 Å². The van der Waals surface area contributed by atoms with E-state index >= 15 is 0 Å². The van der Waals surface area contributed by atoms with Gasteiger partial charge in [0.05, 0.1) is 12.2 Å². The molecule has 1 fully saturated rings. The Hall–Kier alpha value is -2.99. The fourth-order valence-corrected chi connectivity index (χ4v) is 4.55. The summed E-state index contributed by atoms with van der Waals surface area (Å²) in [6, 6.07) is 9.44. The number of aromatic hydroxyl groups is 1. The molecule has 1 saturated heterocycles. The van der Waals surface area contributed by atoms with Gasteiger partial charge in [0.2, 0.25) is 0 Å². The lowest BCUT2D eigenvalue weighted by atomic mass is 10.00. The Balaban J connectivity index is 1.54. The van der Waals surface area contributed by atoms with E-state index in [0.717, 1.165) is 59.8 Å². The van der Waals surface area contributed by atoms with Crippen molar-refractivity contribution in [2.24, 2.45) is 0 Å². The second-order valence-electron chi connectivity index (χ2n) is 8.69. The predicted octanol–water partition coefficient (Wildman–Crippen LogP) is 4.49. The van der Waals surface area contributed by atoms with Crippen LogP contribution >= 0.6 is 0 Å². The minimum atomic E-state index is -0.174. The predicted molar refractivity (Wildman–Crippen MR) is 128 cm³/mol. The van der Waals surface area contributed by atoms with Crippen LogP contribution in [0.2, 0.25) is 0 Å². The molecule has 2 aliphatic heterocycles. The molecule has 2 aromatic carbocycles. The van der Waals surface area contributed by atoms with E-state index in [9.17, 15) is 9.90 Å². The number of phenolic OH excluding ortho intramolecular Hbond substituents is 1. The summed E-state index contributed by atoms with van der Waals surface area (Å²) in [5, 5.41) is 13.8. The number of benzene rings is 2. The molecule has 170 valence electrons. The lowest BCUT2D eigenvalue weighted by molar-refractivity contribution is 0.0748. The largest absolute Gasteiger partial charge is 0.507 e. The van der Waals surface area contributed by atoms with Crippen LogP contribution in [-0.4, -0.2) is 54.1 Å². The van der Waals surface area contributed by atoms with Gasteiger partial charge in [-0.3, -0.25) is 9.69 Å². The first kappa shape index (κ1) is 22.2. The Morgan fingerprint density at radius 1 is 1.12 bits per heavy atom. The normalized spacial score (nSPS) is 15.6. The van der Waals surface area contributed by atoms with Gasteiger partial charge in [-0.2, -0.15) is 0 Å². The van der Waals surface area contributed by atoms with Crippen molar-refractivity contribution in [2.45, 2.75) is 39.3 Å². The number of rotatable bonds is 8. The van der Waals surface area contributed by atoms with E-state index in [-0.39, 0.29) is 11.7 Å². The minimum Gasteiger partial charge on any atom is -0.507 e. The summed E-state index contributed by atoms with van der Waals surface area (Å²) < 4.78 is 5.74. The Morgan fingerprint density at radius 2 is 1.88 bits per heavy atom. The maximum absolute atomic E-state index is 13.4. The van der Waals surface area contributed by atoms with Crippen LogP contribution in [0.3, 0.4) is 0 Å². The van der Waals surface area contributed by atoms with Crippen LogP contribution < -0.4 is 10.1 Å². The molecule has 0 aliphatic carbocycles. The highest BCUT2D eigenvalue weighted by molar-refractivity contribution is 5.99. The third-order valence-corrected chi connectivity index (χ3v) is 6.29. The molecule has 0 bridgehead atoms. The van der Waals surface area contributed by atoms with E-state index in [2.05, 4.69) is 23.7 Å². The molecule has 0 unspecified atom stereocenters. The number of likely N-dealkylation sites (tertiary alicyclic amines) is 1. The third-order valence-electron chi connectivity index (χ3n) is 6.29. The maximum atomic E-state index is 13.4. The quantitative estimate of drug-likeness (QED) is 0.640. The average Bonchev–Trinajstić information content (AvgIpc) is 3.46. The van der Waals surface area contributed by atoms with Crippen molar-refractivity contribution in [2.75, 3.05) is 38.6 Å². The number of fused-ring (bicyclic) bond motifs is 1. The smallest absolute Gasteiger partial charge is 0.258 e. The second-order valence-corrected chi connectivity index (χ2v) is 8.69. The van der Waals surface area contributed by atoms with Crippen molar-refractivity contribution >= 4 is 17.2 Å². The average molecular weight is 436 g/mol. The van der Waals surface area contributed by atoms with E-state index in [0.29, 0.717) is 25.3 Å². The second kappa shape index (κ2) is 9.65. The number of carbonyl (C=O) groups excluding carboxylic acids is 1. The summed E-state index contributed by atoms with van der Waals surface area (Å²) >= 11 is 0. The molecule has 32 heavy (non-hydrogen) atoms. The van der Waals surface area contributed by atoms with Crippen LogP contribution in [0.25, 0.3) is 5.57 Å². The summed E-state index contributed by atoms with van der Waals surface area (Å²) in [5.41, 5.74) is 5.15. The molecule has 0 aromatic heterocycles. The van der Waals surface area contributed by atoms with E-state index < -0.39 is 0 Å². The zero-order valence-corrected chi connectivity index (χ0v) is 19.1. The lowest BCUT2D eigenvalue weighted by Gasteiger charge is -2.21. The zero-order valence-electron chi connectivity index (χ0n) is 19.1. The summed E-state index contributed by atoms with van der Waals surface area (Å²) in [4.78, 5) is 17.5. The van der Waals surface area contributed by atoms with E-state index in [1.165, 1.54) is 12.8 Å². The molecular weight excluding hydrogens is 402 g/mol. The number of nitrogens with one attached hydrogen (secondary N) is 1. The molecule has 2 aliphatic rings. The van der Waals surface area contributed by atoms with E-state index in [4.69, 9.17) is 4.74 Å². The first-order chi connectivity index (χ1) is 15.5. The molecule has 2 N–H and O–H groups in total. The first-order valence-corrected chi connectivity index (χ1v) is 11.5. The molecule has 0 radical (unpaired) electrons. The van der Waals surface area contributed by atoms with Crippen LogP contribution in [0.5, 0.6) is 11.5 Å². The molecule has 1 amide bonds. The van der Waals surface area contributed by atoms with Gasteiger partial charge >= 0.3 is 0 Å². The fraction of sp³-hybridized carbons (Fsp3) is 0.423. The van der Waals surface area contributed by atoms with Crippen molar-refractivity contribution in [1.29, 1.82) is 0 Å². The number of ether oxygens (including phenoxy) is 1. The molecule has 0 saturated carbocycles. The number of nitrogens with zero attached hydrogens (tertiary/aromatic N) is 2. The number of phenols is 1. The highest BCUT2D eigenvalue weighted by Crippen LogP contribution is 2.34.